The molecule has 0 bridgehead atoms. The molecule has 0 aliphatic heterocycles. The molecule has 0 aromatic carbocycles. The van der Waals surface area contributed by atoms with Gasteiger partial charge in [0.25, 0.3) is 0 Å². The largest absolute Gasteiger partial charge is 0.343 e. The van der Waals surface area contributed by atoms with Crippen molar-refractivity contribution in [3.63, 3.8) is 0 Å². The van der Waals surface area contributed by atoms with Crippen molar-refractivity contribution in [3.8, 4) is 0 Å². The lowest BCUT2D eigenvalue weighted by atomic mass is 9.82. The van der Waals surface area contributed by atoms with Crippen molar-refractivity contribution in [2.45, 2.75) is 65.3 Å². The average molecular weight is 297 g/mol. The predicted molar refractivity (Wildman–Crippen MR) is 89.2 cm³/mol. The number of hydrogen-bond acceptors (Lipinski definition) is 3. The molecule has 2 unspecified atom stereocenters. The fraction of sp³-hybridized carbons (Fsp3) is 0.941. The fourth-order valence-corrected chi connectivity index (χ4v) is 3.33. The van der Waals surface area contributed by atoms with Gasteiger partial charge in [0.15, 0.2) is 0 Å². The quantitative estimate of drug-likeness (QED) is 0.711. The Morgan fingerprint density at radius 2 is 1.71 bits per heavy atom. The summed E-state index contributed by atoms with van der Waals surface area (Å²) in [6, 6.07) is 0.233. The molecule has 0 aromatic rings. The maximum Gasteiger partial charge on any atom is 0.222 e. The van der Waals surface area contributed by atoms with Crippen LogP contribution >= 0.6 is 0 Å². The van der Waals surface area contributed by atoms with E-state index in [9.17, 15) is 4.79 Å². The van der Waals surface area contributed by atoms with Gasteiger partial charge < -0.3 is 15.5 Å². The van der Waals surface area contributed by atoms with Crippen LogP contribution in [0, 0.1) is 5.92 Å². The summed E-state index contributed by atoms with van der Waals surface area (Å²) in [6.07, 6.45) is 6.40. The molecule has 0 heterocycles. The lowest BCUT2D eigenvalue weighted by Gasteiger charge is -2.30. The zero-order valence-electron chi connectivity index (χ0n) is 14.3. The van der Waals surface area contributed by atoms with E-state index in [-0.39, 0.29) is 6.04 Å². The molecule has 1 aliphatic carbocycles. The Hall–Kier alpha value is -0.610. The minimum absolute atomic E-state index is 0.233. The van der Waals surface area contributed by atoms with E-state index in [1.54, 1.807) is 0 Å². The first kappa shape index (κ1) is 18.4. The van der Waals surface area contributed by atoms with Gasteiger partial charge in [-0.25, -0.2) is 0 Å². The standard InChI is InChI=1S/C17H35N3O/c1-4-19(5-2)12-9-13-20(6-3)17(21)14-15-10-7-8-11-16(15)18/h15-16H,4-14,18H2,1-3H3. The van der Waals surface area contributed by atoms with Crippen LogP contribution in [0.1, 0.15) is 59.3 Å². The molecule has 2 N–H and O–H groups in total. The molecule has 1 amide bonds. The van der Waals surface area contributed by atoms with Gasteiger partial charge in [-0.15, -0.1) is 0 Å². The van der Waals surface area contributed by atoms with Crippen molar-refractivity contribution in [3.05, 3.63) is 0 Å². The Morgan fingerprint density at radius 3 is 2.29 bits per heavy atom. The van der Waals surface area contributed by atoms with E-state index < -0.39 is 0 Å². The third kappa shape index (κ3) is 6.35. The first-order chi connectivity index (χ1) is 10.1. The van der Waals surface area contributed by atoms with Crippen LogP contribution in [-0.2, 0) is 4.79 Å². The number of amides is 1. The van der Waals surface area contributed by atoms with Crippen LogP contribution in [0.3, 0.4) is 0 Å². The van der Waals surface area contributed by atoms with Gasteiger partial charge in [0.2, 0.25) is 5.91 Å². The van der Waals surface area contributed by atoms with Crippen molar-refractivity contribution in [1.82, 2.24) is 9.80 Å². The monoisotopic (exact) mass is 297 g/mol. The molecule has 4 heteroatoms. The Balaban J connectivity index is 2.34. The summed E-state index contributed by atoms with van der Waals surface area (Å²) in [5.74, 6) is 0.711. The fourth-order valence-electron chi connectivity index (χ4n) is 3.33. The predicted octanol–water partition coefficient (Wildman–Crippen LogP) is 2.47. The van der Waals surface area contributed by atoms with Crippen LogP contribution in [0.15, 0.2) is 0 Å². The van der Waals surface area contributed by atoms with Crippen molar-refractivity contribution >= 4 is 5.91 Å². The highest BCUT2D eigenvalue weighted by atomic mass is 16.2. The van der Waals surface area contributed by atoms with Crippen LogP contribution in [0.5, 0.6) is 0 Å². The Bertz CT molecular complexity index is 292. The minimum Gasteiger partial charge on any atom is -0.343 e. The van der Waals surface area contributed by atoms with Gasteiger partial charge >= 0.3 is 0 Å². The molecular formula is C17H35N3O. The molecule has 1 rings (SSSR count). The number of nitrogens with zero attached hydrogens (tertiary/aromatic N) is 2. The van der Waals surface area contributed by atoms with Gasteiger partial charge in [0, 0.05) is 25.6 Å². The Labute approximate surface area is 131 Å². The SMILES string of the molecule is CCN(CC)CCCN(CC)C(=O)CC1CCCCC1N. The molecule has 124 valence electrons. The van der Waals surface area contributed by atoms with Crippen molar-refractivity contribution in [2.24, 2.45) is 11.7 Å². The second-order valence-corrected chi connectivity index (χ2v) is 6.27. The normalized spacial score (nSPS) is 22.5. The molecule has 2 atom stereocenters. The molecule has 0 aromatic heterocycles. The van der Waals surface area contributed by atoms with E-state index in [2.05, 4.69) is 25.7 Å². The molecule has 0 saturated heterocycles. The topological polar surface area (TPSA) is 49.6 Å². The first-order valence-electron chi connectivity index (χ1n) is 8.88. The second-order valence-electron chi connectivity index (χ2n) is 6.27. The number of carbonyl (C=O) groups is 1. The van der Waals surface area contributed by atoms with Gasteiger partial charge in [-0.05, 0) is 51.7 Å². The number of hydrogen-bond donors (Lipinski definition) is 1. The molecule has 0 spiro atoms. The van der Waals surface area contributed by atoms with Crippen LogP contribution in [0.2, 0.25) is 0 Å². The summed E-state index contributed by atoms with van der Waals surface area (Å²) in [7, 11) is 0. The van der Waals surface area contributed by atoms with E-state index in [1.807, 2.05) is 4.90 Å². The van der Waals surface area contributed by atoms with Gasteiger partial charge in [-0.2, -0.15) is 0 Å². The van der Waals surface area contributed by atoms with Gasteiger partial charge in [0.1, 0.15) is 0 Å². The molecule has 1 fully saturated rings. The third-order valence-electron chi connectivity index (χ3n) is 4.94. The highest BCUT2D eigenvalue weighted by molar-refractivity contribution is 5.76. The maximum absolute atomic E-state index is 12.5. The molecule has 21 heavy (non-hydrogen) atoms. The summed E-state index contributed by atoms with van der Waals surface area (Å²) >= 11 is 0. The van der Waals surface area contributed by atoms with Crippen molar-refractivity contribution in [1.29, 1.82) is 0 Å². The van der Waals surface area contributed by atoms with E-state index in [4.69, 9.17) is 5.73 Å². The zero-order chi connectivity index (χ0) is 15.7. The minimum atomic E-state index is 0.233. The van der Waals surface area contributed by atoms with E-state index in [0.29, 0.717) is 18.2 Å². The van der Waals surface area contributed by atoms with E-state index >= 15 is 0 Å². The summed E-state index contributed by atoms with van der Waals surface area (Å²) < 4.78 is 0. The lowest BCUT2D eigenvalue weighted by molar-refractivity contribution is -0.132. The molecule has 1 saturated carbocycles. The number of nitrogens with two attached hydrogens (primary N) is 1. The highest BCUT2D eigenvalue weighted by Gasteiger charge is 2.25. The zero-order valence-corrected chi connectivity index (χ0v) is 14.3. The van der Waals surface area contributed by atoms with Crippen LogP contribution < -0.4 is 5.73 Å². The highest BCUT2D eigenvalue weighted by Crippen LogP contribution is 2.26. The van der Waals surface area contributed by atoms with Crippen molar-refractivity contribution in [2.75, 3.05) is 32.7 Å². The molecule has 0 radical (unpaired) electrons. The summed E-state index contributed by atoms with van der Waals surface area (Å²) in [5, 5.41) is 0. The number of rotatable bonds is 9. The van der Waals surface area contributed by atoms with Crippen LogP contribution in [0.4, 0.5) is 0 Å². The van der Waals surface area contributed by atoms with Gasteiger partial charge in [-0.3, -0.25) is 4.79 Å². The average Bonchev–Trinajstić information content (AvgIpc) is 2.50. The van der Waals surface area contributed by atoms with E-state index in [0.717, 1.165) is 52.0 Å². The smallest absolute Gasteiger partial charge is 0.222 e. The summed E-state index contributed by atoms with van der Waals surface area (Å²) in [6.45, 7) is 11.4. The summed E-state index contributed by atoms with van der Waals surface area (Å²) in [5.41, 5.74) is 6.17. The molecule has 1 aliphatic rings. The first-order valence-corrected chi connectivity index (χ1v) is 8.88. The number of carbonyl (C=O) groups excluding carboxylic acids is 1. The van der Waals surface area contributed by atoms with Crippen LogP contribution in [0.25, 0.3) is 0 Å². The maximum atomic E-state index is 12.5. The Morgan fingerprint density at radius 1 is 1.05 bits per heavy atom. The third-order valence-corrected chi connectivity index (χ3v) is 4.94. The second kappa shape index (κ2) is 10.2. The van der Waals surface area contributed by atoms with E-state index in [1.165, 1.54) is 12.8 Å². The molecular weight excluding hydrogens is 262 g/mol. The summed E-state index contributed by atoms with van der Waals surface area (Å²) in [4.78, 5) is 16.9. The Kier molecular flexibility index (Phi) is 8.93. The lowest BCUT2D eigenvalue weighted by Crippen LogP contribution is -2.39. The van der Waals surface area contributed by atoms with Crippen molar-refractivity contribution < 1.29 is 4.79 Å². The molecule has 4 nitrogen and oxygen atoms in total. The van der Waals surface area contributed by atoms with Gasteiger partial charge in [0.05, 0.1) is 0 Å². The van der Waals surface area contributed by atoms with Crippen LogP contribution in [-0.4, -0.2) is 54.5 Å². The van der Waals surface area contributed by atoms with Gasteiger partial charge in [-0.1, -0.05) is 26.7 Å².